The van der Waals surface area contributed by atoms with E-state index in [0.717, 1.165) is 50.3 Å². The molecule has 3 aromatic rings. The molecule has 3 heterocycles. The van der Waals surface area contributed by atoms with Crippen LogP contribution in [0.4, 0.5) is 5.69 Å². The summed E-state index contributed by atoms with van der Waals surface area (Å²) < 4.78 is 7.96. The Morgan fingerprint density at radius 2 is 2.00 bits per heavy atom. The van der Waals surface area contributed by atoms with Crippen LogP contribution in [0.1, 0.15) is 16.8 Å². The Morgan fingerprint density at radius 3 is 2.92 bits per heavy atom. The molecule has 1 atom stereocenters. The maximum Gasteiger partial charge on any atom is 0.120 e. The fraction of sp³-hybridized carbons (Fsp3) is 0.364. The van der Waals surface area contributed by atoms with Crippen molar-refractivity contribution in [1.82, 2.24) is 9.88 Å². The zero-order chi connectivity index (χ0) is 17.5. The van der Waals surface area contributed by atoms with Crippen molar-refractivity contribution in [3.8, 4) is 5.75 Å². The number of methoxy groups -OCH3 is 1. The van der Waals surface area contributed by atoms with Gasteiger partial charge in [-0.05, 0) is 42.6 Å². The van der Waals surface area contributed by atoms with Gasteiger partial charge in [-0.3, -0.25) is 0 Å². The summed E-state index contributed by atoms with van der Waals surface area (Å²) in [6.07, 6.45) is 3.32. The molecule has 2 aliphatic rings. The van der Waals surface area contributed by atoms with Gasteiger partial charge in [0.05, 0.1) is 12.6 Å². The van der Waals surface area contributed by atoms with Crippen molar-refractivity contribution in [3.63, 3.8) is 0 Å². The average Bonchev–Trinajstić information content (AvgIpc) is 2.83. The molecule has 4 nitrogen and oxygen atoms in total. The van der Waals surface area contributed by atoms with Crippen molar-refractivity contribution in [3.05, 3.63) is 59.3 Å². The molecule has 0 radical (unpaired) electrons. The van der Waals surface area contributed by atoms with Crippen LogP contribution >= 0.6 is 0 Å². The molecule has 2 aromatic carbocycles. The van der Waals surface area contributed by atoms with Crippen LogP contribution in [0.15, 0.2) is 42.5 Å². The van der Waals surface area contributed by atoms with Crippen molar-refractivity contribution in [1.29, 1.82) is 0 Å². The van der Waals surface area contributed by atoms with Gasteiger partial charge in [0.1, 0.15) is 5.75 Å². The van der Waals surface area contributed by atoms with E-state index in [1.165, 1.54) is 22.2 Å². The highest BCUT2D eigenvalue weighted by Crippen LogP contribution is 2.35. The fourth-order valence-corrected chi connectivity index (χ4v) is 4.68. The van der Waals surface area contributed by atoms with Crippen LogP contribution in [0.25, 0.3) is 10.9 Å². The van der Waals surface area contributed by atoms with Gasteiger partial charge >= 0.3 is 0 Å². The van der Waals surface area contributed by atoms with E-state index in [1.807, 2.05) is 12.1 Å². The van der Waals surface area contributed by atoms with Crippen molar-refractivity contribution >= 4 is 16.6 Å². The number of hydrogen-bond acceptors (Lipinski definition) is 3. The van der Waals surface area contributed by atoms with Gasteiger partial charge < -0.3 is 19.9 Å². The van der Waals surface area contributed by atoms with Crippen molar-refractivity contribution in [2.45, 2.75) is 31.8 Å². The number of nitrogens with one attached hydrogen (secondary N) is 2. The number of aromatic nitrogens is 1. The normalized spacial score (nSPS) is 19.0. The van der Waals surface area contributed by atoms with Crippen LogP contribution in [-0.2, 0) is 25.8 Å². The molecule has 0 amide bonds. The monoisotopic (exact) mass is 347 g/mol. The Hall–Kier alpha value is -2.46. The molecule has 0 saturated carbocycles. The molecule has 2 aliphatic heterocycles. The summed E-state index contributed by atoms with van der Waals surface area (Å²) >= 11 is 0. The zero-order valence-corrected chi connectivity index (χ0v) is 15.2. The minimum absolute atomic E-state index is 0.396. The first-order valence-electron chi connectivity index (χ1n) is 9.56. The van der Waals surface area contributed by atoms with Gasteiger partial charge in [0, 0.05) is 48.4 Å². The number of hydrogen-bond donors (Lipinski definition) is 2. The smallest absolute Gasteiger partial charge is 0.120 e. The average molecular weight is 347 g/mol. The highest BCUT2D eigenvalue weighted by molar-refractivity contribution is 5.89. The SMILES string of the molecule is COc1cccc(NC2Cc3cccc4c5c(n(c34)C2)CCNCC5)c1. The number of nitrogens with zero attached hydrogens (tertiary/aromatic N) is 1. The zero-order valence-electron chi connectivity index (χ0n) is 15.2. The quantitative estimate of drug-likeness (QED) is 0.763. The van der Waals surface area contributed by atoms with Crippen LogP contribution in [0.5, 0.6) is 5.75 Å². The summed E-state index contributed by atoms with van der Waals surface area (Å²) in [5, 5.41) is 8.76. The van der Waals surface area contributed by atoms with Gasteiger partial charge in [0.25, 0.3) is 0 Å². The third kappa shape index (κ3) is 2.56. The van der Waals surface area contributed by atoms with Gasteiger partial charge in [-0.25, -0.2) is 0 Å². The summed E-state index contributed by atoms with van der Waals surface area (Å²) in [5.74, 6) is 0.898. The van der Waals surface area contributed by atoms with Gasteiger partial charge in [-0.2, -0.15) is 0 Å². The Labute approximate surface area is 154 Å². The van der Waals surface area contributed by atoms with Gasteiger partial charge in [0.2, 0.25) is 0 Å². The van der Waals surface area contributed by atoms with E-state index in [-0.39, 0.29) is 0 Å². The first-order chi connectivity index (χ1) is 12.8. The molecule has 0 bridgehead atoms. The highest BCUT2D eigenvalue weighted by atomic mass is 16.5. The van der Waals surface area contributed by atoms with E-state index in [0.29, 0.717) is 6.04 Å². The molecule has 1 unspecified atom stereocenters. The number of rotatable bonds is 3. The Bertz CT molecular complexity index is 959. The molecule has 0 fully saturated rings. The predicted octanol–water partition coefficient (Wildman–Crippen LogP) is 3.37. The van der Waals surface area contributed by atoms with Crippen LogP contribution in [0, 0.1) is 0 Å². The summed E-state index contributed by atoms with van der Waals surface area (Å²) in [4.78, 5) is 0. The molecule has 4 heteroatoms. The molecular weight excluding hydrogens is 322 g/mol. The molecule has 0 aliphatic carbocycles. The first-order valence-corrected chi connectivity index (χ1v) is 9.56. The predicted molar refractivity (Wildman–Crippen MR) is 106 cm³/mol. The number of benzene rings is 2. The highest BCUT2D eigenvalue weighted by Gasteiger charge is 2.26. The summed E-state index contributed by atoms with van der Waals surface area (Å²) in [5.41, 5.74) is 7.17. The van der Waals surface area contributed by atoms with Gasteiger partial charge in [-0.15, -0.1) is 0 Å². The summed E-state index contributed by atoms with van der Waals surface area (Å²) in [6.45, 7) is 3.19. The van der Waals surface area contributed by atoms with Gasteiger partial charge in [0.15, 0.2) is 0 Å². The number of fused-ring (bicyclic) bond motifs is 3. The molecule has 5 rings (SSSR count). The lowest BCUT2D eigenvalue weighted by Crippen LogP contribution is -2.32. The van der Waals surface area contributed by atoms with Gasteiger partial charge in [-0.1, -0.05) is 24.3 Å². The molecule has 1 aromatic heterocycles. The Balaban J connectivity index is 1.52. The molecule has 2 N–H and O–H groups in total. The number of ether oxygens (including phenoxy) is 1. The lowest BCUT2D eigenvalue weighted by molar-refractivity contribution is 0.415. The minimum atomic E-state index is 0.396. The van der Waals surface area contributed by atoms with E-state index in [1.54, 1.807) is 12.7 Å². The van der Waals surface area contributed by atoms with Crippen LogP contribution in [0.2, 0.25) is 0 Å². The van der Waals surface area contributed by atoms with Crippen molar-refractivity contribution in [2.75, 3.05) is 25.5 Å². The standard InChI is InChI=1S/C22H25N3O/c1-26-18-6-3-5-16(13-18)24-17-12-15-4-2-7-20-19-8-10-23-11-9-21(19)25(14-17)22(15)20/h2-7,13,17,23-24H,8-12,14H2,1H3. The second kappa shape index (κ2) is 6.36. The van der Waals surface area contributed by atoms with E-state index in [2.05, 4.69) is 45.5 Å². The van der Waals surface area contributed by atoms with Crippen LogP contribution in [-0.4, -0.2) is 30.8 Å². The van der Waals surface area contributed by atoms with Crippen molar-refractivity contribution < 1.29 is 4.74 Å². The second-order valence-electron chi connectivity index (χ2n) is 7.38. The van der Waals surface area contributed by atoms with E-state index in [4.69, 9.17) is 4.74 Å². The molecule has 26 heavy (non-hydrogen) atoms. The minimum Gasteiger partial charge on any atom is -0.497 e. The summed E-state index contributed by atoms with van der Waals surface area (Å²) in [6, 6.07) is 15.5. The third-order valence-corrected chi connectivity index (χ3v) is 5.79. The molecular formula is C22H25N3O. The Morgan fingerprint density at radius 1 is 1.12 bits per heavy atom. The van der Waals surface area contributed by atoms with E-state index >= 15 is 0 Å². The van der Waals surface area contributed by atoms with Crippen molar-refractivity contribution in [2.24, 2.45) is 0 Å². The topological polar surface area (TPSA) is 38.2 Å². The first kappa shape index (κ1) is 15.8. The number of anilines is 1. The third-order valence-electron chi connectivity index (χ3n) is 5.79. The van der Waals surface area contributed by atoms with E-state index < -0.39 is 0 Å². The molecule has 0 spiro atoms. The number of para-hydroxylation sites is 1. The second-order valence-corrected chi connectivity index (χ2v) is 7.38. The fourth-order valence-electron chi connectivity index (χ4n) is 4.68. The Kier molecular flexibility index (Phi) is 3.86. The molecule has 134 valence electrons. The lowest BCUT2D eigenvalue weighted by Gasteiger charge is -2.28. The largest absolute Gasteiger partial charge is 0.497 e. The van der Waals surface area contributed by atoms with Crippen LogP contribution < -0.4 is 15.4 Å². The molecule has 0 saturated heterocycles. The maximum atomic E-state index is 5.37. The lowest BCUT2D eigenvalue weighted by atomic mass is 9.98. The maximum absolute atomic E-state index is 5.37. The van der Waals surface area contributed by atoms with Crippen LogP contribution in [0.3, 0.4) is 0 Å². The van der Waals surface area contributed by atoms with E-state index in [9.17, 15) is 0 Å². The summed E-state index contributed by atoms with van der Waals surface area (Å²) in [7, 11) is 1.72.